The van der Waals surface area contributed by atoms with Gasteiger partial charge in [0.1, 0.15) is 6.04 Å². The lowest BCUT2D eigenvalue weighted by molar-refractivity contribution is -0.126. The summed E-state index contributed by atoms with van der Waals surface area (Å²) < 4.78 is 0. The number of rotatable bonds is 13. The quantitative estimate of drug-likeness (QED) is 0.509. The first-order valence-electron chi connectivity index (χ1n) is 8.14. The Balaban J connectivity index is 3.41. The Morgan fingerprint density at radius 2 is 1.35 bits per heavy atom. The van der Waals surface area contributed by atoms with Crippen LogP contribution in [0.2, 0.25) is 0 Å². The Morgan fingerprint density at radius 3 is 1.75 bits per heavy atom. The third-order valence-corrected chi connectivity index (χ3v) is 3.57. The summed E-state index contributed by atoms with van der Waals surface area (Å²) in [4.78, 5) is 22.1. The molecule has 0 bridgehead atoms. The van der Waals surface area contributed by atoms with Gasteiger partial charge in [0.05, 0.1) is 0 Å². The van der Waals surface area contributed by atoms with Crippen molar-refractivity contribution in [2.45, 2.75) is 90.5 Å². The number of carbonyl (C=O) groups excluding carboxylic acids is 2. The van der Waals surface area contributed by atoms with E-state index >= 15 is 0 Å². The first-order chi connectivity index (χ1) is 9.57. The monoisotopic (exact) mass is 284 g/mol. The average molecular weight is 284 g/mol. The van der Waals surface area contributed by atoms with Gasteiger partial charge in [-0.2, -0.15) is 0 Å². The highest BCUT2D eigenvalue weighted by molar-refractivity contribution is 5.85. The van der Waals surface area contributed by atoms with Crippen LogP contribution in [0.5, 0.6) is 0 Å². The molecule has 0 heterocycles. The van der Waals surface area contributed by atoms with E-state index in [2.05, 4.69) is 12.2 Å². The van der Waals surface area contributed by atoms with Crippen LogP contribution in [-0.2, 0) is 9.59 Å². The van der Waals surface area contributed by atoms with Crippen LogP contribution in [0.3, 0.4) is 0 Å². The van der Waals surface area contributed by atoms with Gasteiger partial charge in [0.15, 0.2) is 0 Å². The second-order valence-electron chi connectivity index (χ2n) is 5.63. The first-order valence-corrected chi connectivity index (χ1v) is 8.14. The summed E-state index contributed by atoms with van der Waals surface area (Å²) in [6, 6.07) is -0.499. The van der Waals surface area contributed by atoms with E-state index in [9.17, 15) is 9.59 Å². The Labute approximate surface area is 123 Å². The Hall–Kier alpha value is -1.06. The molecule has 2 amide bonds. The van der Waals surface area contributed by atoms with E-state index in [0.717, 1.165) is 12.8 Å². The molecule has 0 aliphatic carbocycles. The molecule has 0 fully saturated rings. The average Bonchev–Trinajstić information content (AvgIpc) is 2.39. The Morgan fingerprint density at radius 1 is 0.900 bits per heavy atom. The number of unbranched alkanes of at least 4 members (excludes halogenated alkanes) is 9. The zero-order valence-corrected chi connectivity index (χ0v) is 13.2. The normalized spacial score (nSPS) is 12.1. The number of amides is 2. The molecule has 0 aromatic rings. The third-order valence-electron chi connectivity index (χ3n) is 3.57. The summed E-state index contributed by atoms with van der Waals surface area (Å²) in [6.45, 7) is 3.65. The van der Waals surface area contributed by atoms with Gasteiger partial charge in [-0.1, -0.05) is 71.1 Å². The minimum atomic E-state index is -0.499. The van der Waals surface area contributed by atoms with Crippen molar-refractivity contribution < 1.29 is 9.59 Å². The molecule has 0 saturated heterocycles. The molecule has 0 spiro atoms. The molecule has 118 valence electrons. The molecule has 0 aromatic carbocycles. The van der Waals surface area contributed by atoms with Gasteiger partial charge in [0.2, 0.25) is 11.8 Å². The van der Waals surface area contributed by atoms with Gasteiger partial charge in [-0.3, -0.25) is 9.59 Å². The van der Waals surface area contributed by atoms with Crippen LogP contribution in [0.15, 0.2) is 0 Å². The van der Waals surface area contributed by atoms with E-state index in [0.29, 0.717) is 6.42 Å². The molecule has 1 atom stereocenters. The predicted octanol–water partition coefficient (Wildman–Crippen LogP) is 3.29. The van der Waals surface area contributed by atoms with E-state index in [-0.39, 0.29) is 5.91 Å². The van der Waals surface area contributed by atoms with Crippen LogP contribution < -0.4 is 11.1 Å². The number of carbonyl (C=O) groups is 2. The van der Waals surface area contributed by atoms with Crippen LogP contribution in [0.4, 0.5) is 0 Å². The summed E-state index contributed by atoms with van der Waals surface area (Å²) in [5, 5.41) is 2.60. The van der Waals surface area contributed by atoms with E-state index in [1.807, 2.05) is 0 Å². The molecular formula is C16H32N2O2. The highest BCUT2D eigenvalue weighted by atomic mass is 16.2. The van der Waals surface area contributed by atoms with Crippen molar-refractivity contribution >= 4 is 11.8 Å². The van der Waals surface area contributed by atoms with Crippen molar-refractivity contribution in [3.05, 3.63) is 0 Å². The third kappa shape index (κ3) is 12.0. The van der Waals surface area contributed by atoms with Crippen LogP contribution in [0.25, 0.3) is 0 Å². The van der Waals surface area contributed by atoms with Gasteiger partial charge < -0.3 is 11.1 Å². The van der Waals surface area contributed by atoms with Crippen molar-refractivity contribution in [3.8, 4) is 0 Å². The SMILES string of the molecule is CCCCCCCCCCCCC(NC(C)=O)C(N)=O. The van der Waals surface area contributed by atoms with Crippen LogP contribution in [-0.4, -0.2) is 17.9 Å². The minimum absolute atomic E-state index is 0.194. The molecule has 0 aliphatic rings. The Kier molecular flexibility index (Phi) is 12.3. The van der Waals surface area contributed by atoms with Crippen LogP contribution >= 0.6 is 0 Å². The Bertz CT molecular complexity index is 267. The number of hydrogen-bond donors (Lipinski definition) is 2. The summed E-state index contributed by atoms with van der Waals surface area (Å²) in [5.41, 5.74) is 5.25. The second kappa shape index (κ2) is 12.9. The summed E-state index contributed by atoms with van der Waals surface area (Å²) in [5.74, 6) is -0.628. The van der Waals surface area contributed by atoms with E-state index in [1.165, 1.54) is 58.3 Å². The fourth-order valence-corrected chi connectivity index (χ4v) is 2.37. The first kappa shape index (κ1) is 18.9. The number of primary amides is 1. The van der Waals surface area contributed by atoms with Crippen LogP contribution in [0, 0.1) is 0 Å². The van der Waals surface area contributed by atoms with Gasteiger partial charge in [-0.15, -0.1) is 0 Å². The summed E-state index contributed by atoms with van der Waals surface area (Å²) >= 11 is 0. The highest BCUT2D eigenvalue weighted by Crippen LogP contribution is 2.12. The molecule has 4 heteroatoms. The van der Waals surface area contributed by atoms with Crippen molar-refractivity contribution in [3.63, 3.8) is 0 Å². The maximum absolute atomic E-state index is 11.1. The second-order valence-corrected chi connectivity index (χ2v) is 5.63. The predicted molar refractivity (Wildman–Crippen MR) is 83.3 cm³/mol. The lowest BCUT2D eigenvalue weighted by Crippen LogP contribution is -2.43. The molecule has 0 saturated carbocycles. The highest BCUT2D eigenvalue weighted by Gasteiger charge is 2.15. The van der Waals surface area contributed by atoms with Gasteiger partial charge in [-0.25, -0.2) is 0 Å². The van der Waals surface area contributed by atoms with E-state index in [4.69, 9.17) is 5.73 Å². The van der Waals surface area contributed by atoms with E-state index < -0.39 is 11.9 Å². The molecule has 0 aliphatic heterocycles. The van der Waals surface area contributed by atoms with Crippen molar-refractivity contribution in [2.75, 3.05) is 0 Å². The van der Waals surface area contributed by atoms with Gasteiger partial charge in [0, 0.05) is 6.92 Å². The van der Waals surface area contributed by atoms with Gasteiger partial charge in [-0.05, 0) is 6.42 Å². The molecule has 4 nitrogen and oxygen atoms in total. The molecule has 20 heavy (non-hydrogen) atoms. The smallest absolute Gasteiger partial charge is 0.239 e. The van der Waals surface area contributed by atoms with Gasteiger partial charge >= 0.3 is 0 Å². The molecule has 0 rings (SSSR count). The number of nitrogens with one attached hydrogen (secondary N) is 1. The maximum atomic E-state index is 11.1. The summed E-state index contributed by atoms with van der Waals surface area (Å²) in [6.07, 6.45) is 13.2. The topological polar surface area (TPSA) is 72.2 Å². The molecule has 1 unspecified atom stereocenters. The van der Waals surface area contributed by atoms with Crippen molar-refractivity contribution in [2.24, 2.45) is 5.73 Å². The van der Waals surface area contributed by atoms with Crippen LogP contribution in [0.1, 0.15) is 84.5 Å². The number of nitrogens with two attached hydrogens (primary N) is 1. The zero-order valence-electron chi connectivity index (χ0n) is 13.2. The largest absolute Gasteiger partial charge is 0.368 e. The molecule has 0 aromatic heterocycles. The minimum Gasteiger partial charge on any atom is -0.368 e. The standard InChI is InChI=1S/C16H32N2O2/c1-3-4-5-6-7-8-9-10-11-12-13-15(16(17)20)18-14(2)19/h15H,3-13H2,1-2H3,(H2,17,20)(H,18,19). The summed E-state index contributed by atoms with van der Waals surface area (Å²) in [7, 11) is 0. The maximum Gasteiger partial charge on any atom is 0.239 e. The van der Waals surface area contributed by atoms with E-state index in [1.54, 1.807) is 0 Å². The fraction of sp³-hybridized carbons (Fsp3) is 0.875. The van der Waals surface area contributed by atoms with Crippen molar-refractivity contribution in [1.29, 1.82) is 0 Å². The zero-order chi connectivity index (χ0) is 15.2. The molecule has 3 N–H and O–H groups in total. The number of hydrogen-bond acceptors (Lipinski definition) is 2. The lowest BCUT2D eigenvalue weighted by atomic mass is 10.0. The molecule has 0 radical (unpaired) electrons. The molecular weight excluding hydrogens is 252 g/mol. The lowest BCUT2D eigenvalue weighted by Gasteiger charge is -2.13. The van der Waals surface area contributed by atoms with Crippen molar-refractivity contribution in [1.82, 2.24) is 5.32 Å². The fourth-order valence-electron chi connectivity index (χ4n) is 2.37. The van der Waals surface area contributed by atoms with Gasteiger partial charge in [0.25, 0.3) is 0 Å².